The van der Waals surface area contributed by atoms with E-state index in [1.165, 1.54) is 0 Å². The maximum absolute atomic E-state index is 12.2. The van der Waals surface area contributed by atoms with Gasteiger partial charge >= 0.3 is 0 Å². The number of piperidine rings is 1. The van der Waals surface area contributed by atoms with E-state index < -0.39 is 10.0 Å². The van der Waals surface area contributed by atoms with Gasteiger partial charge in [-0.25, -0.2) is 12.7 Å². The first-order valence-electron chi connectivity index (χ1n) is 7.02. The number of hydrogen-bond donors (Lipinski definition) is 1. The van der Waals surface area contributed by atoms with Gasteiger partial charge in [0.2, 0.25) is 10.0 Å². The average Bonchev–Trinajstić information content (AvgIpc) is 2.23. The Balaban J connectivity index is 2.42. The van der Waals surface area contributed by atoms with E-state index in [1.54, 1.807) is 4.31 Å². The summed E-state index contributed by atoms with van der Waals surface area (Å²) in [6.07, 6.45) is 1.83. The number of nitrogens with one attached hydrogen (secondary N) is 1. The Morgan fingerprint density at radius 3 is 2.28 bits per heavy atom. The molecule has 1 saturated heterocycles. The molecule has 108 valence electrons. The molecule has 1 fully saturated rings. The van der Waals surface area contributed by atoms with Crippen LogP contribution in [0.15, 0.2) is 0 Å². The van der Waals surface area contributed by atoms with E-state index in [4.69, 9.17) is 0 Å². The summed E-state index contributed by atoms with van der Waals surface area (Å²) in [5.74, 6) is 1.24. The van der Waals surface area contributed by atoms with Crippen molar-refractivity contribution in [2.45, 2.75) is 46.6 Å². The molecule has 1 aliphatic heterocycles. The van der Waals surface area contributed by atoms with Gasteiger partial charge in [0.25, 0.3) is 0 Å². The summed E-state index contributed by atoms with van der Waals surface area (Å²) in [5, 5.41) is 3.26. The summed E-state index contributed by atoms with van der Waals surface area (Å²) < 4.78 is 26.1. The standard InChI is InChI=1S/C13H28N2O2S/c1-11(2)14-6-5-7-18(16,17)15-9-12(3)8-13(4)10-15/h11-14H,5-10H2,1-4H3. The Morgan fingerprint density at radius 2 is 1.78 bits per heavy atom. The quantitative estimate of drug-likeness (QED) is 0.751. The molecule has 2 atom stereocenters. The lowest BCUT2D eigenvalue weighted by Gasteiger charge is -2.34. The van der Waals surface area contributed by atoms with Crippen molar-refractivity contribution in [3.63, 3.8) is 0 Å². The Morgan fingerprint density at radius 1 is 1.22 bits per heavy atom. The van der Waals surface area contributed by atoms with Gasteiger partial charge in [0.05, 0.1) is 5.75 Å². The minimum atomic E-state index is -3.05. The molecule has 0 bridgehead atoms. The Labute approximate surface area is 112 Å². The summed E-state index contributed by atoms with van der Waals surface area (Å²) in [6, 6.07) is 0.419. The van der Waals surface area contributed by atoms with Crippen LogP contribution in [0.1, 0.15) is 40.5 Å². The van der Waals surface area contributed by atoms with Crippen LogP contribution in [0.3, 0.4) is 0 Å². The van der Waals surface area contributed by atoms with E-state index >= 15 is 0 Å². The Hall–Kier alpha value is -0.130. The summed E-state index contributed by atoms with van der Waals surface area (Å²) in [7, 11) is -3.05. The van der Waals surface area contributed by atoms with Gasteiger partial charge in [-0.05, 0) is 31.2 Å². The van der Waals surface area contributed by atoms with Gasteiger partial charge in [-0.3, -0.25) is 0 Å². The third-order valence-electron chi connectivity index (χ3n) is 3.36. The molecule has 1 heterocycles. The van der Waals surface area contributed by atoms with Crippen molar-refractivity contribution < 1.29 is 8.42 Å². The second-order valence-electron chi connectivity index (χ2n) is 6.04. The number of rotatable bonds is 6. The fourth-order valence-corrected chi connectivity index (χ4v) is 4.34. The van der Waals surface area contributed by atoms with Crippen LogP contribution in [0.2, 0.25) is 0 Å². The molecule has 0 aromatic rings. The number of sulfonamides is 1. The highest BCUT2D eigenvalue weighted by atomic mass is 32.2. The minimum Gasteiger partial charge on any atom is -0.314 e. The van der Waals surface area contributed by atoms with Crippen molar-refractivity contribution in [2.75, 3.05) is 25.4 Å². The smallest absolute Gasteiger partial charge is 0.214 e. The van der Waals surface area contributed by atoms with Crippen LogP contribution in [-0.4, -0.2) is 44.2 Å². The molecule has 0 aromatic carbocycles. The summed E-state index contributed by atoms with van der Waals surface area (Å²) >= 11 is 0. The third kappa shape index (κ3) is 5.24. The molecule has 4 nitrogen and oxygen atoms in total. The topological polar surface area (TPSA) is 49.4 Å². The van der Waals surface area contributed by atoms with E-state index in [9.17, 15) is 8.42 Å². The van der Waals surface area contributed by atoms with E-state index in [1.807, 2.05) is 0 Å². The lowest BCUT2D eigenvalue weighted by molar-refractivity contribution is 0.222. The second kappa shape index (κ2) is 6.87. The lowest BCUT2D eigenvalue weighted by atomic mass is 9.94. The minimum absolute atomic E-state index is 0.270. The molecule has 2 unspecified atom stereocenters. The summed E-state index contributed by atoms with van der Waals surface area (Å²) in [6.45, 7) is 10.6. The van der Waals surface area contributed by atoms with Gasteiger partial charge in [-0.2, -0.15) is 0 Å². The van der Waals surface area contributed by atoms with Crippen LogP contribution in [0.5, 0.6) is 0 Å². The van der Waals surface area contributed by atoms with Gasteiger partial charge in [0, 0.05) is 19.1 Å². The maximum atomic E-state index is 12.2. The molecule has 1 N–H and O–H groups in total. The van der Waals surface area contributed by atoms with Crippen LogP contribution in [-0.2, 0) is 10.0 Å². The van der Waals surface area contributed by atoms with Crippen molar-refractivity contribution in [1.82, 2.24) is 9.62 Å². The second-order valence-corrected chi connectivity index (χ2v) is 8.13. The van der Waals surface area contributed by atoms with E-state index in [0.717, 1.165) is 13.0 Å². The zero-order valence-electron chi connectivity index (χ0n) is 12.1. The SMILES string of the molecule is CC1CC(C)CN(S(=O)(=O)CCCNC(C)C)C1. The fourth-order valence-electron chi connectivity index (χ4n) is 2.61. The van der Waals surface area contributed by atoms with E-state index in [2.05, 4.69) is 33.0 Å². The zero-order valence-corrected chi connectivity index (χ0v) is 13.0. The molecular weight excluding hydrogens is 248 g/mol. The van der Waals surface area contributed by atoms with Crippen LogP contribution in [0.25, 0.3) is 0 Å². The molecule has 1 rings (SSSR count). The summed E-state index contributed by atoms with van der Waals surface area (Å²) in [5.41, 5.74) is 0. The van der Waals surface area contributed by atoms with Gasteiger partial charge in [-0.15, -0.1) is 0 Å². The van der Waals surface area contributed by atoms with Crippen LogP contribution in [0, 0.1) is 11.8 Å². The molecule has 0 saturated carbocycles. The number of hydrogen-bond acceptors (Lipinski definition) is 3. The molecule has 0 amide bonds. The van der Waals surface area contributed by atoms with Crippen molar-refractivity contribution in [2.24, 2.45) is 11.8 Å². The predicted octanol–water partition coefficient (Wildman–Crippen LogP) is 1.68. The molecule has 18 heavy (non-hydrogen) atoms. The molecule has 0 radical (unpaired) electrons. The van der Waals surface area contributed by atoms with Crippen LogP contribution in [0.4, 0.5) is 0 Å². The fraction of sp³-hybridized carbons (Fsp3) is 1.00. The van der Waals surface area contributed by atoms with Gasteiger partial charge in [-0.1, -0.05) is 27.7 Å². The summed E-state index contributed by atoms with van der Waals surface area (Å²) in [4.78, 5) is 0. The molecular formula is C13H28N2O2S. The lowest BCUT2D eigenvalue weighted by Crippen LogP contribution is -2.43. The van der Waals surface area contributed by atoms with Crippen LogP contribution >= 0.6 is 0 Å². The highest BCUT2D eigenvalue weighted by Gasteiger charge is 2.29. The van der Waals surface area contributed by atoms with Crippen LogP contribution < -0.4 is 5.32 Å². The third-order valence-corrected chi connectivity index (χ3v) is 5.25. The van der Waals surface area contributed by atoms with E-state index in [-0.39, 0.29) is 5.75 Å². The normalized spacial score (nSPS) is 26.7. The first kappa shape index (κ1) is 15.9. The highest BCUT2D eigenvalue weighted by molar-refractivity contribution is 7.89. The van der Waals surface area contributed by atoms with Crippen molar-refractivity contribution in [3.05, 3.63) is 0 Å². The van der Waals surface area contributed by atoms with Gasteiger partial charge < -0.3 is 5.32 Å². The first-order valence-corrected chi connectivity index (χ1v) is 8.63. The van der Waals surface area contributed by atoms with E-state index in [0.29, 0.717) is 37.4 Å². The largest absolute Gasteiger partial charge is 0.314 e. The van der Waals surface area contributed by atoms with Gasteiger partial charge in [0.15, 0.2) is 0 Å². The zero-order chi connectivity index (χ0) is 13.8. The van der Waals surface area contributed by atoms with Gasteiger partial charge in [0.1, 0.15) is 0 Å². The molecule has 0 aromatic heterocycles. The predicted molar refractivity (Wildman–Crippen MR) is 76.1 cm³/mol. The van der Waals surface area contributed by atoms with Crippen molar-refractivity contribution >= 4 is 10.0 Å². The monoisotopic (exact) mass is 276 g/mol. The molecule has 0 spiro atoms. The highest BCUT2D eigenvalue weighted by Crippen LogP contribution is 2.23. The molecule has 0 aliphatic carbocycles. The maximum Gasteiger partial charge on any atom is 0.214 e. The molecule has 1 aliphatic rings. The Bertz CT molecular complexity index is 331. The molecule has 5 heteroatoms. The van der Waals surface area contributed by atoms with Crippen molar-refractivity contribution in [1.29, 1.82) is 0 Å². The average molecular weight is 276 g/mol. The van der Waals surface area contributed by atoms with Crippen molar-refractivity contribution in [3.8, 4) is 0 Å². The Kier molecular flexibility index (Phi) is 6.08. The number of nitrogens with zero attached hydrogens (tertiary/aromatic N) is 1. The first-order chi connectivity index (χ1) is 8.31.